The molecular weight excluding hydrogens is 218 g/mol. The molecule has 0 spiro atoms. The number of piperidine rings is 1. The van der Waals surface area contributed by atoms with E-state index in [9.17, 15) is 0 Å². The van der Waals surface area contributed by atoms with Crippen LogP contribution < -0.4 is 15.4 Å². The zero-order valence-corrected chi connectivity index (χ0v) is 10.3. The van der Waals surface area contributed by atoms with Crippen LogP contribution in [0.3, 0.4) is 0 Å². The lowest BCUT2D eigenvalue weighted by molar-refractivity contribution is 0.0891. The number of anilines is 2. The number of aromatic nitrogens is 1. The Kier molecular flexibility index (Phi) is 3.68. The van der Waals surface area contributed by atoms with E-state index in [2.05, 4.69) is 9.88 Å². The van der Waals surface area contributed by atoms with E-state index >= 15 is 0 Å². The molecule has 2 rings (SSSR count). The monoisotopic (exact) mass is 237 g/mol. The zero-order chi connectivity index (χ0) is 12.3. The number of nitrogen functional groups attached to an aromatic ring is 1. The third kappa shape index (κ3) is 2.61. The highest BCUT2D eigenvalue weighted by molar-refractivity contribution is 5.63. The van der Waals surface area contributed by atoms with Crippen molar-refractivity contribution in [3.8, 4) is 5.88 Å². The van der Waals surface area contributed by atoms with E-state index in [-0.39, 0.29) is 6.10 Å². The van der Waals surface area contributed by atoms with Crippen molar-refractivity contribution >= 4 is 11.5 Å². The number of hydrogen-bond donors (Lipinski definition) is 1. The van der Waals surface area contributed by atoms with Gasteiger partial charge < -0.3 is 20.1 Å². The molecule has 0 aliphatic carbocycles. The molecule has 5 heteroatoms. The van der Waals surface area contributed by atoms with E-state index < -0.39 is 0 Å². The molecule has 0 amide bonds. The maximum absolute atomic E-state index is 5.96. The average molecular weight is 237 g/mol. The van der Waals surface area contributed by atoms with Gasteiger partial charge in [0.2, 0.25) is 5.88 Å². The zero-order valence-electron chi connectivity index (χ0n) is 10.3. The second-order valence-corrected chi connectivity index (χ2v) is 4.21. The second kappa shape index (κ2) is 5.23. The van der Waals surface area contributed by atoms with E-state index in [4.69, 9.17) is 15.2 Å². The van der Waals surface area contributed by atoms with E-state index in [0.717, 1.165) is 31.7 Å². The summed E-state index contributed by atoms with van der Waals surface area (Å²) in [6.45, 7) is 1.80. The quantitative estimate of drug-likeness (QED) is 0.858. The molecule has 1 aliphatic heterocycles. The summed E-state index contributed by atoms with van der Waals surface area (Å²) in [5.74, 6) is 1.39. The fraction of sp³-hybridized carbons (Fsp3) is 0.583. The molecule has 1 saturated heterocycles. The van der Waals surface area contributed by atoms with Crippen molar-refractivity contribution < 1.29 is 9.47 Å². The van der Waals surface area contributed by atoms with Crippen LogP contribution in [-0.2, 0) is 4.74 Å². The molecule has 1 aromatic rings. The smallest absolute Gasteiger partial charge is 0.215 e. The minimum Gasteiger partial charge on any atom is -0.481 e. The number of methoxy groups -OCH3 is 2. The van der Waals surface area contributed by atoms with Crippen LogP contribution in [0.15, 0.2) is 12.1 Å². The Bertz CT molecular complexity index is 384. The molecule has 94 valence electrons. The predicted molar refractivity (Wildman–Crippen MR) is 67.4 cm³/mol. The summed E-state index contributed by atoms with van der Waals surface area (Å²) in [7, 11) is 3.35. The Morgan fingerprint density at radius 2 is 2.24 bits per heavy atom. The minimum atomic E-state index is 0.260. The summed E-state index contributed by atoms with van der Waals surface area (Å²) in [5, 5.41) is 0. The average Bonchev–Trinajstić information content (AvgIpc) is 2.39. The van der Waals surface area contributed by atoms with Crippen LogP contribution in [0.2, 0.25) is 0 Å². The van der Waals surface area contributed by atoms with Gasteiger partial charge in [-0.05, 0) is 18.9 Å². The van der Waals surface area contributed by atoms with Crippen molar-refractivity contribution in [2.75, 3.05) is 37.9 Å². The van der Waals surface area contributed by atoms with Crippen molar-refractivity contribution in [2.45, 2.75) is 18.9 Å². The van der Waals surface area contributed by atoms with Gasteiger partial charge in [-0.25, -0.2) is 0 Å². The molecule has 17 heavy (non-hydrogen) atoms. The van der Waals surface area contributed by atoms with Crippen molar-refractivity contribution in [2.24, 2.45) is 0 Å². The first kappa shape index (κ1) is 12.0. The van der Waals surface area contributed by atoms with Crippen LogP contribution in [0.25, 0.3) is 0 Å². The number of rotatable bonds is 3. The SMILES string of the molecule is COc1ccc(N)c(N2CCCC(OC)C2)n1. The molecule has 0 saturated carbocycles. The molecule has 0 radical (unpaired) electrons. The van der Waals surface area contributed by atoms with Crippen LogP contribution in [0.4, 0.5) is 11.5 Å². The highest BCUT2D eigenvalue weighted by Crippen LogP contribution is 2.27. The first-order valence-electron chi connectivity index (χ1n) is 5.83. The Hall–Kier alpha value is -1.49. The summed E-state index contributed by atoms with van der Waals surface area (Å²) in [4.78, 5) is 6.57. The Balaban J connectivity index is 2.20. The standard InChI is InChI=1S/C12H19N3O2/c1-16-9-4-3-7-15(8-9)12-10(13)5-6-11(14-12)17-2/h5-6,9H,3-4,7-8,13H2,1-2H3. The lowest BCUT2D eigenvalue weighted by Crippen LogP contribution is -2.40. The molecule has 0 aromatic carbocycles. The van der Waals surface area contributed by atoms with Gasteiger partial charge in [0.1, 0.15) is 0 Å². The van der Waals surface area contributed by atoms with Crippen LogP contribution >= 0.6 is 0 Å². The van der Waals surface area contributed by atoms with E-state index in [1.54, 1.807) is 20.3 Å². The van der Waals surface area contributed by atoms with Crippen LogP contribution in [0, 0.1) is 0 Å². The second-order valence-electron chi connectivity index (χ2n) is 4.21. The third-order valence-electron chi connectivity index (χ3n) is 3.10. The molecule has 5 nitrogen and oxygen atoms in total. The van der Waals surface area contributed by atoms with Crippen LogP contribution in [0.5, 0.6) is 5.88 Å². The topological polar surface area (TPSA) is 60.6 Å². The van der Waals surface area contributed by atoms with Crippen molar-refractivity contribution in [1.29, 1.82) is 0 Å². The number of hydrogen-bond acceptors (Lipinski definition) is 5. The molecule has 2 N–H and O–H groups in total. The van der Waals surface area contributed by atoms with E-state index in [0.29, 0.717) is 11.6 Å². The van der Waals surface area contributed by atoms with Gasteiger partial charge in [0.05, 0.1) is 18.9 Å². The van der Waals surface area contributed by atoms with Crippen LogP contribution in [-0.4, -0.2) is 38.4 Å². The summed E-state index contributed by atoms with van der Waals surface area (Å²) in [6, 6.07) is 3.61. The molecule has 1 aliphatic rings. The van der Waals surface area contributed by atoms with Crippen molar-refractivity contribution in [1.82, 2.24) is 4.98 Å². The minimum absolute atomic E-state index is 0.260. The summed E-state index contributed by atoms with van der Waals surface area (Å²) < 4.78 is 10.5. The summed E-state index contributed by atoms with van der Waals surface area (Å²) in [6.07, 6.45) is 2.45. The fourth-order valence-corrected chi connectivity index (χ4v) is 2.13. The molecular formula is C12H19N3O2. The Labute approximate surface area is 102 Å². The largest absolute Gasteiger partial charge is 0.481 e. The maximum Gasteiger partial charge on any atom is 0.215 e. The first-order chi connectivity index (χ1) is 8.24. The number of ether oxygens (including phenoxy) is 2. The lowest BCUT2D eigenvalue weighted by atomic mass is 10.1. The van der Waals surface area contributed by atoms with Gasteiger partial charge in [-0.1, -0.05) is 0 Å². The number of pyridine rings is 1. The van der Waals surface area contributed by atoms with Gasteiger partial charge in [0, 0.05) is 26.3 Å². The molecule has 0 bridgehead atoms. The van der Waals surface area contributed by atoms with Gasteiger partial charge in [-0.2, -0.15) is 4.98 Å². The number of nitrogens with zero attached hydrogens (tertiary/aromatic N) is 2. The predicted octanol–water partition coefficient (Wildman–Crippen LogP) is 1.29. The van der Waals surface area contributed by atoms with Gasteiger partial charge in [-0.15, -0.1) is 0 Å². The van der Waals surface area contributed by atoms with E-state index in [1.807, 2.05) is 6.07 Å². The fourth-order valence-electron chi connectivity index (χ4n) is 2.13. The number of nitrogens with two attached hydrogens (primary N) is 1. The van der Waals surface area contributed by atoms with Gasteiger partial charge in [0.15, 0.2) is 5.82 Å². The van der Waals surface area contributed by atoms with E-state index in [1.165, 1.54) is 0 Å². The van der Waals surface area contributed by atoms with Gasteiger partial charge in [0.25, 0.3) is 0 Å². The molecule has 1 atom stereocenters. The van der Waals surface area contributed by atoms with Crippen molar-refractivity contribution in [3.63, 3.8) is 0 Å². The first-order valence-corrected chi connectivity index (χ1v) is 5.83. The molecule has 1 unspecified atom stereocenters. The third-order valence-corrected chi connectivity index (χ3v) is 3.10. The normalized spacial score (nSPS) is 20.4. The Morgan fingerprint density at radius 3 is 2.94 bits per heavy atom. The lowest BCUT2D eigenvalue weighted by Gasteiger charge is -2.33. The molecule has 1 aromatic heterocycles. The highest BCUT2D eigenvalue weighted by atomic mass is 16.5. The highest BCUT2D eigenvalue weighted by Gasteiger charge is 2.22. The summed E-state index contributed by atoms with van der Waals surface area (Å²) in [5.41, 5.74) is 6.64. The maximum atomic E-state index is 5.96. The molecule has 2 heterocycles. The van der Waals surface area contributed by atoms with Gasteiger partial charge in [-0.3, -0.25) is 0 Å². The van der Waals surface area contributed by atoms with Crippen molar-refractivity contribution in [3.05, 3.63) is 12.1 Å². The van der Waals surface area contributed by atoms with Gasteiger partial charge >= 0.3 is 0 Å². The molecule has 1 fully saturated rings. The Morgan fingerprint density at radius 1 is 1.41 bits per heavy atom. The summed E-state index contributed by atoms with van der Waals surface area (Å²) >= 11 is 0. The van der Waals surface area contributed by atoms with Crippen LogP contribution in [0.1, 0.15) is 12.8 Å².